The van der Waals surface area contributed by atoms with E-state index in [4.69, 9.17) is 0 Å². The molecule has 0 N–H and O–H groups in total. The second-order valence-electron chi connectivity index (χ2n) is 6.73. The number of carbonyl (C=O) groups excluding carboxylic acids is 2. The molecule has 5 nitrogen and oxygen atoms in total. The van der Waals surface area contributed by atoms with Crippen LogP contribution in [0.15, 0.2) is 30.3 Å². The van der Waals surface area contributed by atoms with Crippen LogP contribution in [0.1, 0.15) is 24.9 Å². The van der Waals surface area contributed by atoms with E-state index in [1.165, 1.54) is 35.6 Å². The van der Waals surface area contributed by atoms with Crippen LogP contribution in [-0.2, 0) is 6.42 Å². The summed E-state index contributed by atoms with van der Waals surface area (Å²) in [6, 6.07) is 7.42. The Hall–Kier alpha value is -2.25. The summed E-state index contributed by atoms with van der Waals surface area (Å²) < 4.78 is 13.1. The van der Waals surface area contributed by atoms with Gasteiger partial charge in [-0.3, -0.25) is 9.59 Å². The van der Waals surface area contributed by atoms with Gasteiger partial charge in [0, 0.05) is 49.6 Å². The number of carbonyl (C=O) groups is 2. The summed E-state index contributed by atoms with van der Waals surface area (Å²) in [6.45, 7) is 3.82. The minimum Gasteiger partial charge on any atom is -0.335 e. The molecule has 2 aliphatic heterocycles. The van der Waals surface area contributed by atoms with Gasteiger partial charge in [-0.25, -0.2) is 4.39 Å². The first-order chi connectivity index (χ1) is 12.5. The number of halogens is 1. The van der Waals surface area contributed by atoms with Crippen molar-refractivity contribution in [1.82, 2.24) is 9.80 Å². The smallest absolute Gasteiger partial charge is 0.264 e. The zero-order chi connectivity index (χ0) is 18.3. The molecule has 0 unspecified atom stereocenters. The van der Waals surface area contributed by atoms with E-state index in [1.54, 1.807) is 4.90 Å². The molecule has 2 amide bonds. The van der Waals surface area contributed by atoms with Crippen molar-refractivity contribution in [2.45, 2.75) is 6.42 Å². The minimum absolute atomic E-state index is 0.0479. The van der Waals surface area contributed by atoms with Gasteiger partial charge in [0.2, 0.25) is 0 Å². The quantitative estimate of drug-likeness (QED) is 0.812. The summed E-state index contributed by atoms with van der Waals surface area (Å²) in [7, 11) is 2.06. The summed E-state index contributed by atoms with van der Waals surface area (Å²) in [4.78, 5) is 33.1. The van der Waals surface area contributed by atoms with Gasteiger partial charge in [-0.15, -0.1) is 11.3 Å². The molecule has 0 atom stereocenters. The van der Waals surface area contributed by atoms with Gasteiger partial charge in [-0.05, 0) is 37.4 Å². The highest BCUT2D eigenvalue weighted by molar-refractivity contribution is 7.14. The molecular weight excluding hydrogens is 353 g/mol. The predicted molar refractivity (Wildman–Crippen MR) is 99.5 cm³/mol. The molecule has 1 saturated heterocycles. The fraction of sp³-hybridized carbons (Fsp3) is 0.368. The summed E-state index contributed by atoms with van der Waals surface area (Å²) >= 11 is 1.48. The van der Waals surface area contributed by atoms with Gasteiger partial charge in [0.05, 0.1) is 10.6 Å². The molecule has 0 aliphatic carbocycles. The second-order valence-corrected chi connectivity index (χ2v) is 7.86. The Kier molecular flexibility index (Phi) is 4.50. The van der Waals surface area contributed by atoms with Crippen LogP contribution in [0, 0.1) is 5.82 Å². The third-order valence-corrected chi connectivity index (χ3v) is 6.15. The lowest BCUT2D eigenvalue weighted by atomic mass is 10.2. The maximum atomic E-state index is 13.1. The summed E-state index contributed by atoms with van der Waals surface area (Å²) in [5.74, 6) is -0.467. The summed E-state index contributed by atoms with van der Waals surface area (Å²) in [5, 5.41) is 0. The number of benzene rings is 1. The molecule has 26 heavy (non-hydrogen) atoms. The lowest BCUT2D eigenvalue weighted by Crippen LogP contribution is -2.46. The second kappa shape index (κ2) is 6.81. The van der Waals surface area contributed by atoms with Crippen molar-refractivity contribution in [1.29, 1.82) is 0 Å². The summed E-state index contributed by atoms with van der Waals surface area (Å²) in [6.07, 6.45) is 0.753. The highest BCUT2D eigenvalue weighted by Gasteiger charge is 2.31. The number of likely N-dealkylation sites (N-methyl/N-ethyl adjacent to an activating group) is 1. The molecule has 4 rings (SSSR count). The van der Waals surface area contributed by atoms with Gasteiger partial charge in [0.1, 0.15) is 5.82 Å². The zero-order valence-electron chi connectivity index (χ0n) is 14.6. The normalized spacial score (nSPS) is 17.5. The topological polar surface area (TPSA) is 43.9 Å². The van der Waals surface area contributed by atoms with Gasteiger partial charge in [-0.2, -0.15) is 0 Å². The van der Waals surface area contributed by atoms with Crippen molar-refractivity contribution in [3.8, 4) is 0 Å². The van der Waals surface area contributed by atoms with Gasteiger partial charge in [0.25, 0.3) is 11.8 Å². The number of hydrogen-bond donors (Lipinski definition) is 0. The number of thiophene rings is 1. The van der Waals surface area contributed by atoms with Crippen LogP contribution in [0.4, 0.5) is 10.1 Å². The van der Waals surface area contributed by atoms with Crippen LogP contribution in [-0.4, -0.2) is 61.4 Å². The van der Waals surface area contributed by atoms with Crippen LogP contribution in [0.25, 0.3) is 0 Å². The molecule has 1 aromatic carbocycles. The van der Waals surface area contributed by atoms with Gasteiger partial charge in [0.15, 0.2) is 0 Å². The molecule has 0 saturated carbocycles. The summed E-state index contributed by atoms with van der Waals surface area (Å²) in [5.41, 5.74) is 1.28. The number of piperazine rings is 1. The number of nitrogens with zero attached hydrogens (tertiary/aromatic N) is 3. The molecule has 136 valence electrons. The number of hydrogen-bond acceptors (Lipinski definition) is 4. The number of rotatable bonds is 2. The first kappa shape index (κ1) is 17.2. The Labute approximate surface area is 155 Å². The van der Waals surface area contributed by atoms with Gasteiger partial charge < -0.3 is 14.7 Å². The Balaban J connectivity index is 1.53. The van der Waals surface area contributed by atoms with E-state index in [1.807, 2.05) is 11.0 Å². The van der Waals surface area contributed by atoms with Crippen molar-refractivity contribution in [3.05, 3.63) is 51.5 Å². The lowest BCUT2D eigenvalue weighted by molar-refractivity contribution is 0.0668. The Bertz CT molecular complexity index is 841. The van der Waals surface area contributed by atoms with E-state index < -0.39 is 0 Å². The molecule has 0 bridgehead atoms. The zero-order valence-corrected chi connectivity index (χ0v) is 15.4. The first-order valence-corrected chi connectivity index (χ1v) is 9.52. The fourth-order valence-electron chi connectivity index (χ4n) is 3.39. The van der Waals surface area contributed by atoms with E-state index >= 15 is 0 Å². The molecule has 0 spiro atoms. The van der Waals surface area contributed by atoms with Crippen LogP contribution < -0.4 is 4.90 Å². The van der Waals surface area contributed by atoms with Crippen molar-refractivity contribution >= 4 is 28.8 Å². The first-order valence-electron chi connectivity index (χ1n) is 8.71. The fourth-order valence-corrected chi connectivity index (χ4v) is 4.51. The predicted octanol–water partition coefficient (Wildman–Crippen LogP) is 2.48. The van der Waals surface area contributed by atoms with Crippen molar-refractivity contribution in [3.63, 3.8) is 0 Å². The van der Waals surface area contributed by atoms with E-state index in [0.717, 1.165) is 43.2 Å². The van der Waals surface area contributed by atoms with Crippen molar-refractivity contribution in [2.75, 3.05) is 44.7 Å². The largest absolute Gasteiger partial charge is 0.335 e. The highest BCUT2D eigenvalue weighted by atomic mass is 32.1. The average molecular weight is 373 g/mol. The van der Waals surface area contributed by atoms with Crippen LogP contribution in [0.5, 0.6) is 0 Å². The molecule has 7 heteroatoms. The average Bonchev–Trinajstić information content (AvgIpc) is 3.22. The SMILES string of the molecule is CN1CCN(C(=O)c2cc3c(s2)CCN3C(=O)c2ccc(F)cc2)CC1. The standard InChI is InChI=1S/C19H20FN3O2S/c1-21-8-10-22(11-9-21)19(25)17-12-15-16(26-17)6-7-23(15)18(24)13-2-4-14(20)5-3-13/h2-5,12H,6-11H2,1H3. The number of anilines is 1. The van der Waals surface area contributed by atoms with Crippen molar-refractivity contribution in [2.24, 2.45) is 0 Å². The maximum absolute atomic E-state index is 13.1. The maximum Gasteiger partial charge on any atom is 0.264 e. The molecule has 0 radical (unpaired) electrons. The third-order valence-electron chi connectivity index (χ3n) is 4.98. The Morgan fingerprint density at radius 3 is 2.38 bits per heavy atom. The number of amides is 2. The molecule has 1 fully saturated rings. The highest BCUT2D eigenvalue weighted by Crippen LogP contribution is 2.37. The van der Waals surface area contributed by atoms with E-state index in [2.05, 4.69) is 11.9 Å². The van der Waals surface area contributed by atoms with Crippen LogP contribution >= 0.6 is 11.3 Å². The third kappa shape index (κ3) is 3.12. The molecule has 3 heterocycles. The monoisotopic (exact) mass is 373 g/mol. The molecule has 2 aliphatic rings. The van der Waals surface area contributed by atoms with E-state index in [9.17, 15) is 14.0 Å². The van der Waals surface area contributed by atoms with Gasteiger partial charge >= 0.3 is 0 Å². The molecule has 1 aromatic heterocycles. The Morgan fingerprint density at radius 2 is 1.69 bits per heavy atom. The van der Waals surface area contributed by atoms with Crippen molar-refractivity contribution < 1.29 is 14.0 Å². The Morgan fingerprint density at radius 1 is 1.00 bits per heavy atom. The minimum atomic E-state index is -0.362. The number of fused-ring (bicyclic) bond motifs is 1. The van der Waals surface area contributed by atoms with Crippen LogP contribution in [0.2, 0.25) is 0 Å². The van der Waals surface area contributed by atoms with E-state index in [0.29, 0.717) is 17.0 Å². The molecule has 2 aromatic rings. The molecular formula is C19H20FN3O2S. The lowest BCUT2D eigenvalue weighted by Gasteiger charge is -2.32. The van der Waals surface area contributed by atoms with Crippen LogP contribution in [0.3, 0.4) is 0 Å². The van der Waals surface area contributed by atoms with Gasteiger partial charge in [-0.1, -0.05) is 0 Å². The van der Waals surface area contributed by atoms with E-state index in [-0.39, 0.29) is 17.6 Å².